The van der Waals surface area contributed by atoms with Gasteiger partial charge in [-0.05, 0) is 24.3 Å². The van der Waals surface area contributed by atoms with Gasteiger partial charge in [0.15, 0.2) is 0 Å². The van der Waals surface area contributed by atoms with Crippen molar-refractivity contribution >= 4 is 5.91 Å². The standard InChI is InChI=1S/C14H21NO2/c1-12(2)11-17-15-14(16)10-6-9-13-7-4-3-5-8-13/h3-5,7-8,12H,6,9-11H2,1-2H3,(H,15,16). The lowest BCUT2D eigenvalue weighted by Gasteiger charge is -2.07. The van der Waals surface area contributed by atoms with E-state index in [1.807, 2.05) is 32.0 Å². The van der Waals surface area contributed by atoms with Gasteiger partial charge in [-0.1, -0.05) is 44.2 Å². The van der Waals surface area contributed by atoms with E-state index >= 15 is 0 Å². The summed E-state index contributed by atoms with van der Waals surface area (Å²) in [4.78, 5) is 16.4. The Morgan fingerprint density at radius 1 is 1.29 bits per heavy atom. The molecule has 0 spiro atoms. The molecule has 94 valence electrons. The molecule has 3 nitrogen and oxygen atoms in total. The van der Waals surface area contributed by atoms with Crippen LogP contribution in [-0.2, 0) is 16.1 Å². The molecule has 17 heavy (non-hydrogen) atoms. The van der Waals surface area contributed by atoms with Crippen molar-refractivity contribution in [3.8, 4) is 0 Å². The van der Waals surface area contributed by atoms with Crippen molar-refractivity contribution in [3.63, 3.8) is 0 Å². The van der Waals surface area contributed by atoms with Gasteiger partial charge < -0.3 is 0 Å². The summed E-state index contributed by atoms with van der Waals surface area (Å²) >= 11 is 0. The molecule has 0 saturated heterocycles. The molecular formula is C14H21NO2. The number of rotatable bonds is 7. The summed E-state index contributed by atoms with van der Waals surface area (Å²) in [7, 11) is 0. The lowest BCUT2D eigenvalue weighted by Crippen LogP contribution is -2.25. The zero-order chi connectivity index (χ0) is 12.5. The fourth-order valence-electron chi connectivity index (χ4n) is 1.44. The highest BCUT2D eigenvalue weighted by molar-refractivity contribution is 5.74. The maximum atomic E-state index is 11.4. The maximum absolute atomic E-state index is 11.4. The molecule has 0 radical (unpaired) electrons. The first-order valence-electron chi connectivity index (χ1n) is 6.13. The average molecular weight is 235 g/mol. The molecule has 0 unspecified atom stereocenters. The van der Waals surface area contributed by atoms with Gasteiger partial charge in [0.2, 0.25) is 5.91 Å². The van der Waals surface area contributed by atoms with Gasteiger partial charge in [0, 0.05) is 6.42 Å². The summed E-state index contributed by atoms with van der Waals surface area (Å²) in [6, 6.07) is 10.2. The van der Waals surface area contributed by atoms with Crippen LogP contribution in [0.2, 0.25) is 0 Å². The fraction of sp³-hybridized carbons (Fsp3) is 0.500. The number of hydrogen-bond acceptors (Lipinski definition) is 2. The van der Waals surface area contributed by atoms with Gasteiger partial charge >= 0.3 is 0 Å². The number of hydroxylamine groups is 1. The molecule has 0 bridgehead atoms. The lowest BCUT2D eigenvalue weighted by molar-refractivity contribution is -0.134. The summed E-state index contributed by atoms with van der Waals surface area (Å²) < 4.78 is 0. The number of amides is 1. The summed E-state index contributed by atoms with van der Waals surface area (Å²) in [5.74, 6) is 0.390. The zero-order valence-electron chi connectivity index (χ0n) is 10.6. The third-order valence-electron chi connectivity index (χ3n) is 2.31. The molecule has 1 amide bonds. The van der Waals surface area contributed by atoms with Gasteiger partial charge in [-0.15, -0.1) is 0 Å². The first-order valence-corrected chi connectivity index (χ1v) is 6.13. The van der Waals surface area contributed by atoms with Crippen LogP contribution >= 0.6 is 0 Å². The molecule has 0 heterocycles. The highest BCUT2D eigenvalue weighted by atomic mass is 16.6. The monoisotopic (exact) mass is 235 g/mol. The smallest absolute Gasteiger partial charge is 0.243 e. The molecule has 3 heteroatoms. The Kier molecular flexibility index (Phi) is 6.33. The Hall–Kier alpha value is -1.35. The molecular weight excluding hydrogens is 214 g/mol. The molecule has 0 aliphatic rings. The number of nitrogens with one attached hydrogen (secondary N) is 1. The molecule has 0 fully saturated rings. The molecule has 0 aromatic heterocycles. The minimum absolute atomic E-state index is 0.0402. The number of aryl methyl sites for hydroxylation is 1. The Bertz CT molecular complexity index is 322. The predicted octanol–water partition coefficient (Wildman–Crippen LogP) is 2.71. The van der Waals surface area contributed by atoms with Gasteiger partial charge in [0.05, 0.1) is 6.61 Å². The number of carbonyl (C=O) groups is 1. The van der Waals surface area contributed by atoms with Gasteiger partial charge in [-0.3, -0.25) is 9.63 Å². The fourth-order valence-corrected chi connectivity index (χ4v) is 1.44. The third kappa shape index (κ3) is 6.74. The SMILES string of the molecule is CC(C)CONC(=O)CCCc1ccccc1. The molecule has 1 N–H and O–H groups in total. The van der Waals surface area contributed by atoms with E-state index in [4.69, 9.17) is 4.84 Å². The quantitative estimate of drug-likeness (QED) is 0.738. The summed E-state index contributed by atoms with van der Waals surface area (Å²) in [6.07, 6.45) is 2.28. The first-order chi connectivity index (χ1) is 8.18. The Morgan fingerprint density at radius 3 is 2.65 bits per heavy atom. The number of hydrogen-bond donors (Lipinski definition) is 1. The summed E-state index contributed by atoms with van der Waals surface area (Å²) in [5, 5.41) is 0. The second kappa shape index (κ2) is 7.85. The van der Waals surface area contributed by atoms with Crippen LogP contribution in [0.1, 0.15) is 32.3 Å². The minimum atomic E-state index is -0.0402. The van der Waals surface area contributed by atoms with Crippen LogP contribution in [-0.4, -0.2) is 12.5 Å². The van der Waals surface area contributed by atoms with Crippen molar-refractivity contribution in [2.45, 2.75) is 33.1 Å². The summed E-state index contributed by atoms with van der Waals surface area (Å²) in [5.41, 5.74) is 3.73. The molecule has 1 rings (SSSR count). The second-order valence-electron chi connectivity index (χ2n) is 4.57. The lowest BCUT2D eigenvalue weighted by atomic mass is 10.1. The maximum Gasteiger partial charge on any atom is 0.243 e. The van der Waals surface area contributed by atoms with Crippen molar-refractivity contribution < 1.29 is 9.63 Å². The van der Waals surface area contributed by atoms with Crippen molar-refractivity contribution in [1.29, 1.82) is 0 Å². The second-order valence-corrected chi connectivity index (χ2v) is 4.57. The Morgan fingerprint density at radius 2 is 2.00 bits per heavy atom. The number of carbonyl (C=O) groups excluding carboxylic acids is 1. The molecule has 0 aliphatic heterocycles. The van der Waals surface area contributed by atoms with E-state index < -0.39 is 0 Å². The highest BCUT2D eigenvalue weighted by Gasteiger charge is 2.02. The van der Waals surface area contributed by atoms with Crippen LogP contribution < -0.4 is 5.48 Å². The minimum Gasteiger partial charge on any atom is -0.273 e. The Labute approximate surface area is 103 Å². The van der Waals surface area contributed by atoms with Crippen molar-refractivity contribution in [2.75, 3.05) is 6.61 Å². The van der Waals surface area contributed by atoms with Gasteiger partial charge in [-0.2, -0.15) is 0 Å². The van der Waals surface area contributed by atoms with Crippen LogP contribution in [0, 0.1) is 5.92 Å². The van der Waals surface area contributed by atoms with Gasteiger partial charge in [0.25, 0.3) is 0 Å². The van der Waals surface area contributed by atoms with Crippen LogP contribution in [0.25, 0.3) is 0 Å². The first kappa shape index (κ1) is 13.7. The van der Waals surface area contributed by atoms with E-state index in [1.165, 1.54) is 5.56 Å². The predicted molar refractivity (Wildman–Crippen MR) is 68.3 cm³/mol. The molecule has 0 aliphatic carbocycles. The van der Waals surface area contributed by atoms with Crippen molar-refractivity contribution in [1.82, 2.24) is 5.48 Å². The zero-order valence-corrected chi connectivity index (χ0v) is 10.6. The molecule has 1 aromatic carbocycles. The molecule has 1 aromatic rings. The highest BCUT2D eigenvalue weighted by Crippen LogP contribution is 2.04. The van der Waals surface area contributed by atoms with E-state index in [-0.39, 0.29) is 5.91 Å². The van der Waals surface area contributed by atoms with E-state index in [1.54, 1.807) is 0 Å². The summed E-state index contributed by atoms with van der Waals surface area (Å²) in [6.45, 7) is 4.65. The van der Waals surface area contributed by atoms with Gasteiger partial charge in [-0.25, -0.2) is 5.48 Å². The van der Waals surface area contributed by atoms with Crippen LogP contribution in [0.15, 0.2) is 30.3 Å². The van der Waals surface area contributed by atoms with Crippen molar-refractivity contribution in [3.05, 3.63) is 35.9 Å². The van der Waals surface area contributed by atoms with Crippen LogP contribution in [0.3, 0.4) is 0 Å². The van der Waals surface area contributed by atoms with E-state index in [0.29, 0.717) is 18.9 Å². The number of benzene rings is 1. The van der Waals surface area contributed by atoms with E-state index in [2.05, 4.69) is 17.6 Å². The molecule has 0 saturated carbocycles. The molecule has 0 atom stereocenters. The van der Waals surface area contributed by atoms with Gasteiger partial charge in [0.1, 0.15) is 0 Å². The largest absolute Gasteiger partial charge is 0.273 e. The van der Waals surface area contributed by atoms with E-state index in [0.717, 1.165) is 12.8 Å². The van der Waals surface area contributed by atoms with E-state index in [9.17, 15) is 4.79 Å². The van der Waals surface area contributed by atoms with Crippen LogP contribution in [0.5, 0.6) is 0 Å². The van der Waals surface area contributed by atoms with Crippen molar-refractivity contribution in [2.24, 2.45) is 5.92 Å². The third-order valence-corrected chi connectivity index (χ3v) is 2.31. The Balaban J connectivity index is 2.08. The normalized spacial score (nSPS) is 10.5. The average Bonchev–Trinajstić information content (AvgIpc) is 2.30. The van der Waals surface area contributed by atoms with Crippen LogP contribution in [0.4, 0.5) is 0 Å². The topological polar surface area (TPSA) is 38.3 Å².